The average molecular weight is 359 g/mol. The molecule has 26 heavy (non-hydrogen) atoms. The summed E-state index contributed by atoms with van der Waals surface area (Å²) in [6.07, 6.45) is 5.58. The fraction of sp³-hybridized carbons (Fsp3) is 0.450. The van der Waals surface area contributed by atoms with E-state index in [-0.39, 0.29) is 12.2 Å². The van der Waals surface area contributed by atoms with Crippen molar-refractivity contribution in [3.63, 3.8) is 0 Å². The monoisotopic (exact) mass is 359 g/mol. The quantitative estimate of drug-likeness (QED) is 0.590. The first kappa shape index (κ1) is 20.0. The highest BCUT2D eigenvalue weighted by Crippen LogP contribution is 2.14. The number of amides is 1. The Morgan fingerprint density at radius 3 is 2.81 bits per heavy atom. The zero-order chi connectivity index (χ0) is 18.8. The average Bonchev–Trinajstić information content (AvgIpc) is 2.66. The third kappa shape index (κ3) is 7.29. The van der Waals surface area contributed by atoms with Gasteiger partial charge in [-0.25, -0.2) is 0 Å². The van der Waals surface area contributed by atoms with Crippen LogP contribution >= 0.6 is 0 Å². The number of nitrogens with one attached hydrogen (secondary N) is 2. The highest BCUT2D eigenvalue weighted by molar-refractivity contribution is 5.92. The summed E-state index contributed by atoms with van der Waals surface area (Å²) < 4.78 is 11.2. The van der Waals surface area contributed by atoms with E-state index in [1.165, 1.54) is 0 Å². The lowest BCUT2D eigenvalue weighted by atomic mass is 10.2. The first-order valence-corrected chi connectivity index (χ1v) is 9.01. The van der Waals surface area contributed by atoms with Gasteiger partial charge < -0.3 is 25.8 Å². The van der Waals surface area contributed by atoms with Crippen LogP contribution in [-0.2, 0) is 20.8 Å². The van der Waals surface area contributed by atoms with Gasteiger partial charge in [0.1, 0.15) is 0 Å². The molecule has 1 aromatic rings. The molecule has 6 nitrogen and oxygen atoms in total. The molecule has 0 aliphatic carbocycles. The molecule has 0 aromatic heterocycles. The molecule has 1 aliphatic rings. The number of carbonyl (C=O) groups is 1. The SMILES string of the molecule is C=C(C)C(=O)NCc1ccc(N/C=C(\N)CCOC2CCCCO2)cc1. The third-order valence-corrected chi connectivity index (χ3v) is 4.05. The molecule has 1 fully saturated rings. The highest BCUT2D eigenvalue weighted by Gasteiger charge is 2.13. The molecule has 1 aliphatic heterocycles. The van der Waals surface area contributed by atoms with Crippen molar-refractivity contribution in [3.8, 4) is 0 Å². The topological polar surface area (TPSA) is 85.6 Å². The van der Waals surface area contributed by atoms with Crippen LogP contribution in [0.15, 0.2) is 48.3 Å². The summed E-state index contributed by atoms with van der Waals surface area (Å²) in [5.74, 6) is -0.135. The van der Waals surface area contributed by atoms with Crippen molar-refractivity contribution >= 4 is 11.6 Å². The number of hydrogen-bond donors (Lipinski definition) is 3. The number of hydrogen-bond acceptors (Lipinski definition) is 5. The molecule has 1 atom stereocenters. The first-order valence-electron chi connectivity index (χ1n) is 9.01. The van der Waals surface area contributed by atoms with Crippen LogP contribution in [0.1, 0.15) is 38.2 Å². The molecule has 1 saturated heterocycles. The van der Waals surface area contributed by atoms with E-state index in [0.29, 0.717) is 25.1 Å². The van der Waals surface area contributed by atoms with Crippen LogP contribution in [-0.4, -0.2) is 25.4 Å². The molecule has 0 spiro atoms. The normalized spacial score (nSPS) is 17.6. The molecule has 142 valence electrons. The van der Waals surface area contributed by atoms with Gasteiger partial charge >= 0.3 is 0 Å². The highest BCUT2D eigenvalue weighted by atomic mass is 16.7. The fourth-order valence-corrected chi connectivity index (χ4v) is 2.45. The molecule has 2 rings (SSSR count). The first-order chi connectivity index (χ1) is 12.5. The van der Waals surface area contributed by atoms with Gasteiger partial charge in [-0.1, -0.05) is 18.7 Å². The maximum atomic E-state index is 11.5. The Morgan fingerprint density at radius 2 is 2.15 bits per heavy atom. The van der Waals surface area contributed by atoms with Crippen LogP contribution in [0.4, 0.5) is 5.69 Å². The van der Waals surface area contributed by atoms with Gasteiger partial charge in [0.2, 0.25) is 5.91 Å². The number of benzene rings is 1. The molecule has 0 bridgehead atoms. The number of rotatable bonds is 9. The predicted octanol–water partition coefficient (Wildman–Crippen LogP) is 3.02. The number of nitrogens with two attached hydrogens (primary N) is 1. The lowest BCUT2D eigenvalue weighted by molar-refractivity contribution is -0.161. The summed E-state index contributed by atoms with van der Waals surface area (Å²) in [4.78, 5) is 11.5. The van der Waals surface area contributed by atoms with Crippen molar-refractivity contribution in [2.24, 2.45) is 5.73 Å². The Morgan fingerprint density at radius 1 is 1.38 bits per heavy atom. The molecule has 1 aromatic carbocycles. The van der Waals surface area contributed by atoms with Gasteiger partial charge in [-0.05, 0) is 43.9 Å². The van der Waals surface area contributed by atoms with Crippen LogP contribution in [0, 0.1) is 0 Å². The van der Waals surface area contributed by atoms with Crippen molar-refractivity contribution < 1.29 is 14.3 Å². The number of ether oxygens (including phenoxy) is 2. The molecule has 1 heterocycles. The van der Waals surface area contributed by atoms with Gasteiger partial charge in [-0.3, -0.25) is 4.79 Å². The van der Waals surface area contributed by atoms with Gasteiger partial charge in [0.25, 0.3) is 0 Å². The van der Waals surface area contributed by atoms with Gasteiger partial charge in [0.05, 0.1) is 6.61 Å². The Hall–Kier alpha value is -2.31. The Labute approximate surface area is 155 Å². The van der Waals surface area contributed by atoms with E-state index in [2.05, 4.69) is 17.2 Å². The maximum absolute atomic E-state index is 11.5. The second-order valence-electron chi connectivity index (χ2n) is 6.44. The van der Waals surface area contributed by atoms with Gasteiger partial charge in [0, 0.05) is 42.7 Å². The van der Waals surface area contributed by atoms with Crippen molar-refractivity contribution in [2.75, 3.05) is 18.5 Å². The number of carbonyl (C=O) groups excluding carboxylic acids is 1. The number of anilines is 1. The Bertz CT molecular complexity index is 620. The fourth-order valence-electron chi connectivity index (χ4n) is 2.45. The zero-order valence-electron chi connectivity index (χ0n) is 15.4. The van der Waals surface area contributed by atoms with Crippen LogP contribution in [0.25, 0.3) is 0 Å². The largest absolute Gasteiger partial charge is 0.401 e. The second-order valence-corrected chi connectivity index (χ2v) is 6.44. The standard InChI is InChI=1S/C20H29N3O3/c1-15(2)20(24)23-13-16-6-8-18(9-7-16)22-14-17(21)10-12-26-19-5-3-4-11-25-19/h6-9,14,19,22H,1,3-5,10-13,21H2,2H3,(H,23,24)/b17-14-. The van der Waals surface area contributed by atoms with E-state index >= 15 is 0 Å². The molecule has 0 radical (unpaired) electrons. The smallest absolute Gasteiger partial charge is 0.246 e. The van der Waals surface area contributed by atoms with E-state index in [1.54, 1.807) is 13.1 Å². The van der Waals surface area contributed by atoms with Gasteiger partial charge in [-0.15, -0.1) is 0 Å². The van der Waals surface area contributed by atoms with E-state index in [4.69, 9.17) is 15.2 Å². The second kappa shape index (κ2) is 10.6. The summed E-state index contributed by atoms with van der Waals surface area (Å²) in [6.45, 7) is 7.11. The summed E-state index contributed by atoms with van der Waals surface area (Å²) in [7, 11) is 0. The minimum atomic E-state index is -0.135. The van der Waals surface area contributed by atoms with Crippen LogP contribution in [0.5, 0.6) is 0 Å². The van der Waals surface area contributed by atoms with Crippen molar-refractivity contribution in [2.45, 2.75) is 45.4 Å². The minimum Gasteiger partial charge on any atom is -0.401 e. The van der Waals surface area contributed by atoms with Gasteiger partial charge in [-0.2, -0.15) is 0 Å². The molecular weight excluding hydrogens is 330 g/mol. The van der Waals surface area contributed by atoms with Crippen LogP contribution in [0.2, 0.25) is 0 Å². The van der Waals surface area contributed by atoms with E-state index in [0.717, 1.165) is 42.8 Å². The molecule has 4 N–H and O–H groups in total. The lowest BCUT2D eigenvalue weighted by Crippen LogP contribution is -2.23. The van der Waals surface area contributed by atoms with E-state index < -0.39 is 0 Å². The summed E-state index contributed by atoms with van der Waals surface area (Å²) in [5, 5.41) is 5.97. The van der Waals surface area contributed by atoms with Crippen LogP contribution in [0.3, 0.4) is 0 Å². The predicted molar refractivity (Wildman–Crippen MR) is 103 cm³/mol. The zero-order valence-corrected chi connectivity index (χ0v) is 15.4. The van der Waals surface area contributed by atoms with Crippen molar-refractivity contribution in [1.29, 1.82) is 0 Å². The van der Waals surface area contributed by atoms with Crippen molar-refractivity contribution in [3.05, 3.63) is 53.9 Å². The van der Waals surface area contributed by atoms with Crippen LogP contribution < -0.4 is 16.4 Å². The maximum Gasteiger partial charge on any atom is 0.246 e. The van der Waals surface area contributed by atoms with Crippen molar-refractivity contribution in [1.82, 2.24) is 5.32 Å². The molecule has 6 heteroatoms. The molecule has 1 amide bonds. The molecular formula is C20H29N3O3. The lowest BCUT2D eigenvalue weighted by Gasteiger charge is -2.22. The Balaban J connectivity index is 1.69. The molecule has 0 saturated carbocycles. The van der Waals surface area contributed by atoms with E-state index in [9.17, 15) is 4.79 Å². The summed E-state index contributed by atoms with van der Waals surface area (Å²) in [5.41, 5.74) is 9.17. The molecule has 1 unspecified atom stereocenters. The Kier molecular flexibility index (Phi) is 8.18. The minimum absolute atomic E-state index is 0.0811. The summed E-state index contributed by atoms with van der Waals surface area (Å²) >= 11 is 0. The third-order valence-electron chi connectivity index (χ3n) is 4.05. The summed E-state index contributed by atoms with van der Waals surface area (Å²) in [6, 6.07) is 7.79. The van der Waals surface area contributed by atoms with Gasteiger partial charge in [0.15, 0.2) is 6.29 Å². The van der Waals surface area contributed by atoms with E-state index in [1.807, 2.05) is 24.3 Å².